The lowest BCUT2D eigenvalue weighted by Crippen LogP contribution is -2.34. The molecule has 10 heteroatoms. The summed E-state index contributed by atoms with van der Waals surface area (Å²) in [5.74, 6) is 2.26. The second kappa shape index (κ2) is 12.5. The number of pyridine rings is 1. The van der Waals surface area contributed by atoms with Crippen LogP contribution in [0.4, 0.5) is 0 Å². The van der Waals surface area contributed by atoms with E-state index >= 15 is 0 Å². The zero-order chi connectivity index (χ0) is 26.2. The minimum Gasteiger partial charge on any atom is -0.497 e. The number of methoxy groups -OCH3 is 1. The molecule has 0 bridgehead atoms. The van der Waals surface area contributed by atoms with Gasteiger partial charge in [-0.3, -0.25) is 9.69 Å². The Morgan fingerprint density at radius 3 is 2.59 bits per heavy atom. The maximum absolute atomic E-state index is 13.0. The summed E-state index contributed by atoms with van der Waals surface area (Å²) < 4.78 is 12.7. The summed E-state index contributed by atoms with van der Waals surface area (Å²) in [7, 11) is 1.64. The van der Waals surface area contributed by atoms with Crippen LogP contribution in [0, 0.1) is 0 Å². The number of aliphatic hydroxyl groups is 1. The van der Waals surface area contributed by atoms with Crippen molar-refractivity contribution >= 4 is 10.9 Å². The van der Waals surface area contributed by atoms with Crippen molar-refractivity contribution in [3.05, 3.63) is 75.8 Å². The van der Waals surface area contributed by atoms with Crippen LogP contribution in [0.1, 0.15) is 49.7 Å². The third kappa shape index (κ3) is 6.33. The first-order valence-electron chi connectivity index (χ1n) is 12.6. The van der Waals surface area contributed by atoms with E-state index in [9.17, 15) is 9.90 Å². The molecule has 2 heterocycles. The minimum absolute atomic E-state index is 0.0511. The van der Waals surface area contributed by atoms with Gasteiger partial charge >= 0.3 is 0 Å². The van der Waals surface area contributed by atoms with Gasteiger partial charge in [-0.15, -0.1) is 5.10 Å². The Kier molecular flexibility index (Phi) is 8.86. The van der Waals surface area contributed by atoms with E-state index in [0.29, 0.717) is 44.0 Å². The molecule has 196 valence electrons. The molecule has 2 N–H and O–H groups in total. The smallest absolute Gasteiger partial charge is 0.252 e. The van der Waals surface area contributed by atoms with Crippen molar-refractivity contribution in [3.63, 3.8) is 0 Å². The normalized spacial score (nSPS) is 12.2. The van der Waals surface area contributed by atoms with Crippen molar-refractivity contribution in [1.82, 2.24) is 30.1 Å². The summed E-state index contributed by atoms with van der Waals surface area (Å²) >= 11 is 0. The average Bonchev–Trinajstić information content (AvgIpc) is 3.36. The monoisotopic (exact) mass is 506 g/mol. The van der Waals surface area contributed by atoms with Crippen molar-refractivity contribution in [2.45, 2.75) is 45.8 Å². The average molecular weight is 507 g/mol. The summed E-state index contributed by atoms with van der Waals surface area (Å²) in [4.78, 5) is 18.1. The highest BCUT2D eigenvalue weighted by molar-refractivity contribution is 5.80. The van der Waals surface area contributed by atoms with Gasteiger partial charge in [-0.25, -0.2) is 4.68 Å². The topological polar surface area (TPSA) is 118 Å². The van der Waals surface area contributed by atoms with Gasteiger partial charge in [-0.1, -0.05) is 19.1 Å². The van der Waals surface area contributed by atoms with Crippen LogP contribution in [0.25, 0.3) is 10.9 Å². The van der Waals surface area contributed by atoms with E-state index in [1.165, 1.54) is 0 Å². The maximum atomic E-state index is 13.0. The molecule has 4 aromatic rings. The molecular formula is C27H34N6O4. The quantitative estimate of drug-likeness (QED) is 0.284. The van der Waals surface area contributed by atoms with Crippen LogP contribution in [-0.2, 0) is 13.1 Å². The first kappa shape index (κ1) is 26.3. The van der Waals surface area contributed by atoms with Crippen LogP contribution in [-0.4, -0.2) is 62.1 Å². The van der Waals surface area contributed by atoms with Gasteiger partial charge in [0.15, 0.2) is 5.82 Å². The standard InChI is InChI=1S/C27H34N6O4/c1-4-25(26-29-30-31-33(26)17-19-7-9-22(36-3)10-8-19)32(13-6-14-34)18-21-15-20-16-23(37-5-2)11-12-24(20)28-27(21)35/h7-12,15-16,25,34H,4-6,13-14,17-18H2,1-3H3,(H,28,35). The van der Waals surface area contributed by atoms with Crippen LogP contribution in [0.15, 0.2) is 53.3 Å². The molecule has 1 atom stereocenters. The van der Waals surface area contributed by atoms with E-state index in [4.69, 9.17) is 9.47 Å². The summed E-state index contributed by atoms with van der Waals surface area (Å²) in [6.45, 7) is 6.11. The Morgan fingerprint density at radius 2 is 1.89 bits per heavy atom. The zero-order valence-electron chi connectivity index (χ0n) is 21.6. The van der Waals surface area contributed by atoms with E-state index in [2.05, 4.69) is 32.3 Å². The molecule has 2 aromatic heterocycles. The van der Waals surface area contributed by atoms with E-state index in [1.807, 2.05) is 55.5 Å². The summed E-state index contributed by atoms with van der Waals surface area (Å²) in [6.07, 6.45) is 1.30. The highest BCUT2D eigenvalue weighted by Crippen LogP contribution is 2.26. The zero-order valence-corrected chi connectivity index (χ0v) is 21.6. The lowest BCUT2D eigenvalue weighted by molar-refractivity contribution is 0.152. The molecule has 0 aliphatic heterocycles. The van der Waals surface area contributed by atoms with Crippen LogP contribution < -0.4 is 15.0 Å². The van der Waals surface area contributed by atoms with Gasteiger partial charge < -0.3 is 19.6 Å². The van der Waals surface area contributed by atoms with Gasteiger partial charge in [0.2, 0.25) is 0 Å². The minimum atomic E-state index is -0.148. The molecule has 0 radical (unpaired) electrons. The highest BCUT2D eigenvalue weighted by atomic mass is 16.5. The fourth-order valence-corrected chi connectivity index (χ4v) is 4.51. The molecule has 0 aliphatic carbocycles. The number of benzene rings is 2. The fraction of sp³-hybridized carbons (Fsp3) is 0.407. The largest absolute Gasteiger partial charge is 0.497 e. The molecule has 0 saturated heterocycles. The van der Waals surface area contributed by atoms with Crippen LogP contribution in [0.5, 0.6) is 11.5 Å². The van der Waals surface area contributed by atoms with E-state index < -0.39 is 0 Å². The molecule has 0 fully saturated rings. The summed E-state index contributed by atoms with van der Waals surface area (Å²) in [5, 5.41) is 23.0. The summed E-state index contributed by atoms with van der Waals surface area (Å²) in [5.41, 5.74) is 2.29. The Hall–Kier alpha value is -3.76. The molecule has 37 heavy (non-hydrogen) atoms. The number of aromatic nitrogens is 5. The molecule has 0 amide bonds. The molecule has 4 rings (SSSR count). The first-order valence-corrected chi connectivity index (χ1v) is 12.6. The van der Waals surface area contributed by atoms with Crippen molar-refractivity contribution in [1.29, 1.82) is 0 Å². The first-order chi connectivity index (χ1) is 18.1. The SMILES string of the molecule is CCOc1ccc2[nH]c(=O)c(CN(CCCO)C(CC)c3nnnn3Cc3ccc(OC)cc3)cc2c1. The number of nitrogens with zero attached hydrogens (tertiary/aromatic N) is 5. The number of fused-ring (bicyclic) bond motifs is 1. The Morgan fingerprint density at radius 1 is 1.11 bits per heavy atom. The van der Waals surface area contributed by atoms with E-state index in [0.717, 1.165) is 34.4 Å². The second-order valence-electron chi connectivity index (χ2n) is 8.82. The Balaban J connectivity index is 1.63. The van der Waals surface area contributed by atoms with Crippen LogP contribution in [0.3, 0.4) is 0 Å². The van der Waals surface area contributed by atoms with Gasteiger partial charge in [-0.05, 0) is 72.2 Å². The van der Waals surface area contributed by atoms with Gasteiger partial charge in [0.25, 0.3) is 5.56 Å². The Labute approximate surface area is 215 Å². The molecule has 0 aliphatic rings. The van der Waals surface area contributed by atoms with Crippen molar-refractivity contribution < 1.29 is 14.6 Å². The molecule has 1 unspecified atom stereocenters. The van der Waals surface area contributed by atoms with Crippen molar-refractivity contribution in [3.8, 4) is 11.5 Å². The molecule has 0 saturated carbocycles. The predicted molar refractivity (Wildman–Crippen MR) is 141 cm³/mol. The third-order valence-electron chi connectivity index (χ3n) is 6.36. The Bertz CT molecular complexity index is 1350. The van der Waals surface area contributed by atoms with E-state index in [-0.39, 0.29) is 18.2 Å². The van der Waals surface area contributed by atoms with Crippen LogP contribution in [0.2, 0.25) is 0 Å². The number of hydrogen-bond donors (Lipinski definition) is 2. The lowest BCUT2D eigenvalue weighted by atomic mass is 10.1. The number of tetrazole rings is 1. The predicted octanol–water partition coefficient (Wildman–Crippen LogP) is 3.31. The van der Waals surface area contributed by atoms with E-state index in [1.54, 1.807) is 11.8 Å². The van der Waals surface area contributed by atoms with Gasteiger partial charge in [0.05, 0.1) is 26.3 Å². The summed E-state index contributed by atoms with van der Waals surface area (Å²) in [6, 6.07) is 15.2. The van der Waals surface area contributed by atoms with Gasteiger partial charge in [0.1, 0.15) is 11.5 Å². The number of ether oxygens (including phenoxy) is 2. The van der Waals surface area contributed by atoms with Crippen molar-refractivity contribution in [2.75, 3.05) is 26.9 Å². The number of aromatic amines is 1. The maximum Gasteiger partial charge on any atom is 0.252 e. The number of H-pyrrole nitrogens is 1. The number of nitrogens with one attached hydrogen (secondary N) is 1. The number of hydrogen-bond acceptors (Lipinski definition) is 8. The van der Waals surface area contributed by atoms with Crippen molar-refractivity contribution in [2.24, 2.45) is 0 Å². The number of aliphatic hydroxyl groups excluding tert-OH is 1. The van der Waals surface area contributed by atoms with Gasteiger partial charge in [-0.2, -0.15) is 0 Å². The molecular weight excluding hydrogens is 472 g/mol. The molecule has 0 spiro atoms. The fourth-order valence-electron chi connectivity index (χ4n) is 4.51. The second-order valence-corrected chi connectivity index (χ2v) is 8.82. The number of rotatable bonds is 13. The van der Waals surface area contributed by atoms with Crippen LogP contribution >= 0.6 is 0 Å². The molecule has 2 aromatic carbocycles. The highest BCUT2D eigenvalue weighted by Gasteiger charge is 2.25. The molecule has 10 nitrogen and oxygen atoms in total. The third-order valence-corrected chi connectivity index (χ3v) is 6.36. The van der Waals surface area contributed by atoms with Gasteiger partial charge in [0, 0.05) is 36.2 Å². The lowest BCUT2D eigenvalue weighted by Gasteiger charge is -2.30.